The zero-order chi connectivity index (χ0) is 16.0. The van der Waals surface area contributed by atoms with Crippen LogP contribution in [0.2, 0.25) is 0 Å². The van der Waals surface area contributed by atoms with E-state index < -0.39 is 10.0 Å². The Kier molecular flexibility index (Phi) is 4.92. The summed E-state index contributed by atoms with van der Waals surface area (Å²) in [5.41, 5.74) is 1.80. The highest BCUT2D eigenvalue weighted by molar-refractivity contribution is 7.89. The summed E-state index contributed by atoms with van der Waals surface area (Å²) in [4.78, 5) is 4.07. The van der Waals surface area contributed by atoms with Crippen LogP contribution in [0.15, 0.2) is 59.8 Å². The van der Waals surface area contributed by atoms with E-state index in [1.165, 1.54) is 12.1 Å². The van der Waals surface area contributed by atoms with Crippen LogP contribution in [0.25, 0.3) is 6.08 Å². The van der Waals surface area contributed by atoms with Gasteiger partial charge in [0, 0.05) is 12.4 Å². The molecule has 0 unspecified atom stereocenters. The van der Waals surface area contributed by atoms with Crippen molar-refractivity contribution in [2.75, 3.05) is 6.54 Å². The van der Waals surface area contributed by atoms with Gasteiger partial charge in [0.15, 0.2) is 6.19 Å². The number of hydrogen-bond donors (Lipinski definition) is 0. The molecule has 22 heavy (non-hydrogen) atoms. The van der Waals surface area contributed by atoms with E-state index in [4.69, 9.17) is 5.26 Å². The topological polar surface area (TPSA) is 74.1 Å². The molecule has 1 aromatic heterocycles. The molecule has 0 bridgehead atoms. The lowest BCUT2D eigenvalue weighted by Gasteiger charge is -2.14. The lowest BCUT2D eigenvalue weighted by molar-refractivity contribution is 0.530. The van der Waals surface area contributed by atoms with E-state index in [-0.39, 0.29) is 11.4 Å². The Balaban J connectivity index is 2.16. The first-order valence-corrected chi connectivity index (χ1v) is 8.04. The normalized spacial score (nSPS) is 11.3. The molecule has 112 valence electrons. The smallest absolute Gasteiger partial charge is 0.264 e. The van der Waals surface area contributed by atoms with Crippen molar-refractivity contribution in [1.82, 2.24) is 9.29 Å². The molecule has 6 heteroatoms. The molecule has 0 spiro atoms. The Labute approximate surface area is 130 Å². The van der Waals surface area contributed by atoms with Crippen LogP contribution in [0.1, 0.15) is 11.1 Å². The number of sulfonamides is 1. The molecule has 5 nitrogen and oxygen atoms in total. The summed E-state index contributed by atoms with van der Waals surface area (Å²) in [5.74, 6) is 0. The Morgan fingerprint density at radius 3 is 2.59 bits per heavy atom. The molecule has 0 atom stereocenters. The van der Waals surface area contributed by atoms with Crippen molar-refractivity contribution >= 4 is 16.1 Å². The third kappa shape index (κ3) is 3.71. The predicted octanol–water partition coefficient (Wildman–Crippen LogP) is 2.58. The molecule has 1 aromatic carbocycles. The van der Waals surface area contributed by atoms with Gasteiger partial charge >= 0.3 is 0 Å². The molecule has 0 radical (unpaired) electrons. The quantitative estimate of drug-likeness (QED) is 0.628. The van der Waals surface area contributed by atoms with Crippen LogP contribution in [0.5, 0.6) is 0 Å². The number of aromatic nitrogens is 1. The van der Waals surface area contributed by atoms with Crippen molar-refractivity contribution in [3.63, 3.8) is 0 Å². The number of benzene rings is 1. The second-order valence-corrected chi connectivity index (χ2v) is 6.50. The minimum atomic E-state index is -3.82. The number of hydrogen-bond acceptors (Lipinski definition) is 4. The van der Waals surface area contributed by atoms with Gasteiger partial charge in [-0.3, -0.25) is 4.98 Å². The Bertz CT molecular complexity index is 792. The third-order valence-corrected chi connectivity index (χ3v) is 4.67. The Morgan fingerprint density at radius 2 is 2.00 bits per heavy atom. The van der Waals surface area contributed by atoms with Crippen molar-refractivity contribution < 1.29 is 8.42 Å². The average molecular weight is 313 g/mol. The Morgan fingerprint density at radius 1 is 1.27 bits per heavy atom. The highest BCUT2D eigenvalue weighted by atomic mass is 32.2. The van der Waals surface area contributed by atoms with E-state index in [1.807, 2.05) is 13.0 Å². The molecule has 0 saturated carbocycles. The fourth-order valence-corrected chi connectivity index (χ4v) is 2.91. The van der Waals surface area contributed by atoms with E-state index in [2.05, 4.69) is 4.98 Å². The Hall–Kier alpha value is -2.65. The predicted molar refractivity (Wildman–Crippen MR) is 84.0 cm³/mol. The molecule has 0 aliphatic heterocycles. The first kappa shape index (κ1) is 15.7. The van der Waals surface area contributed by atoms with Crippen molar-refractivity contribution in [2.24, 2.45) is 0 Å². The zero-order valence-corrected chi connectivity index (χ0v) is 12.9. The van der Waals surface area contributed by atoms with Crippen molar-refractivity contribution in [3.8, 4) is 6.19 Å². The van der Waals surface area contributed by atoms with Gasteiger partial charge in [0.25, 0.3) is 10.0 Å². The molecule has 2 rings (SSSR count). The summed E-state index contributed by atoms with van der Waals surface area (Å²) in [7, 11) is -3.82. The minimum absolute atomic E-state index is 0.0262. The summed E-state index contributed by atoms with van der Waals surface area (Å²) in [6.45, 7) is 1.84. The standard InChI is InChI=1S/C16H15N3O2S/c1-14-6-8-16(9-7-14)22(20,21)19(13-17)11-3-5-15-4-2-10-18-12-15/h2-10,12H,11H2,1H3/b5-3+. The van der Waals surface area contributed by atoms with Gasteiger partial charge in [-0.25, -0.2) is 8.42 Å². The molecular formula is C16H15N3O2S. The molecular weight excluding hydrogens is 298 g/mol. The van der Waals surface area contributed by atoms with Gasteiger partial charge in [0.1, 0.15) is 0 Å². The van der Waals surface area contributed by atoms with E-state index in [0.29, 0.717) is 0 Å². The van der Waals surface area contributed by atoms with Gasteiger partial charge in [0.05, 0.1) is 11.4 Å². The van der Waals surface area contributed by atoms with Crippen LogP contribution in [0.3, 0.4) is 0 Å². The largest absolute Gasteiger partial charge is 0.272 e. The maximum atomic E-state index is 12.4. The SMILES string of the molecule is Cc1ccc(S(=O)(=O)N(C#N)C/C=C/c2cccnc2)cc1. The summed E-state index contributed by atoms with van der Waals surface area (Å²) >= 11 is 0. The van der Waals surface area contributed by atoms with Crippen LogP contribution in [-0.2, 0) is 10.0 Å². The maximum absolute atomic E-state index is 12.4. The molecule has 2 aromatic rings. The summed E-state index contributed by atoms with van der Waals surface area (Å²) in [6.07, 6.45) is 8.37. The van der Waals surface area contributed by atoms with Crippen LogP contribution >= 0.6 is 0 Å². The number of rotatable bonds is 5. The highest BCUT2D eigenvalue weighted by Gasteiger charge is 2.21. The number of nitrogens with zero attached hydrogens (tertiary/aromatic N) is 3. The number of aryl methyl sites for hydroxylation is 1. The summed E-state index contributed by atoms with van der Waals surface area (Å²) in [6, 6.07) is 10.0. The maximum Gasteiger partial charge on any atom is 0.272 e. The van der Waals surface area contributed by atoms with Crippen LogP contribution < -0.4 is 0 Å². The van der Waals surface area contributed by atoms with Gasteiger partial charge < -0.3 is 0 Å². The van der Waals surface area contributed by atoms with Crippen LogP contribution in [-0.4, -0.2) is 24.3 Å². The van der Waals surface area contributed by atoms with Crippen molar-refractivity contribution in [2.45, 2.75) is 11.8 Å². The summed E-state index contributed by atoms with van der Waals surface area (Å²) < 4.78 is 25.5. The highest BCUT2D eigenvalue weighted by Crippen LogP contribution is 2.15. The number of nitriles is 1. The lowest BCUT2D eigenvalue weighted by atomic mass is 10.2. The molecule has 0 saturated heterocycles. The second kappa shape index (κ2) is 6.87. The van der Waals surface area contributed by atoms with Gasteiger partial charge in [-0.1, -0.05) is 35.9 Å². The van der Waals surface area contributed by atoms with E-state index in [1.54, 1.807) is 48.9 Å². The van der Waals surface area contributed by atoms with Crippen molar-refractivity contribution in [3.05, 3.63) is 66.0 Å². The first-order chi connectivity index (χ1) is 10.5. The molecule has 0 fully saturated rings. The van der Waals surface area contributed by atoms with Gasteiger partial charge in [-0.2, -0.15) is 9.57 Å². The van der Waals surface area contributed by atoms with E-state index in [0.717, 1.165) is 15.4 Å². The van der Waals surface area contributed by atoms with Crippen LogP contribution in [0, 0.1) is 18.4 Å². The fraction of sp³-hybridized carbons (Fsp3) is 0.125. The third-order valence-electron chi connectivity index (χ3n) is 2.99. The monoisotopic (exact) mass is 313 g/mol. The second-order valence-electron chi connectivity index (χ2n) is 4.64. The first-order valence-electron chi connectivity index (χ1n) is 6.60. The van der Waals surface area contributed by atoms with E-state index in [9.17, 15) is 8.42 Å². The van der Waals surface area contributed by atoms with Gasteiger partial charge in [-0.15, -0.1) is 0 Å². The van der Waals surface area contributed by atoms with E-state index >= 15 is 0 Å². The lowest BCUT2D eigenvalue weighted by Crippen LogP contribution is -2.26. The minimum Gasteiger partial charge on any atom is -0.264 e. The molecule has 0 aliphatic carbocycles. The van der Waals surface area contributed by atoms with Gasteiger partial charge in [-0.05, 0) is 30.7 Å². The number of pyridine rings is 1. The molecule has 0 aliphatic rings. The average Bonchev–Trinajstić information content (AvgIpc) is 2.53. The molecule has 0 N–H and O–H groups in total. The van der Waals surface area contributed by atoms with Crippen LogP contribution in [0.4, 0.5) is 0 Å². The zero-order valence-electron chi connectivity index (χ0n) is 12.0. The fourth-order valence-electron chi connectivity index (χ4n) is 1.79. The summed E-state index contributed by atoms with van der Waals surface area (Å²) in [5, 5.41) is 9.13. The molecule has 1 heterocycles. The van der Waals surface area contributed by atoms with Crippen molar-refractivity contribution in [1.29, 1.82) is 5.26 Å². The van der Waals surface area contributed by atoms with Gasteiger partial charge in [0.2, 0.25) is 0 Å². The molecule has 0 amide bonds.